The quantitative estimate of drug-likeness (QED) is 0.665. The molecule has 2 heteroatoms. The molecule has 1 aromatic carbocycles. The topological polar surface area (TPSA) is 26.0 Å². The van der Waals surface area contributed by atoms with Crippen LogP contribution in [0.15, 0.2) is 24.3 Å². The van der Waals surface area contributed by atoms with Crippen LogP contribution in [-0.4, -0.2) is 22.5 Å². The van der Waals surface area contributed by atoms with Crippen molar-refractivity contribution in [2.24, 2.45) is 5.73 Å². The van der Waals surface area contributed by atoms with E-state index in [4.69, 9.17) is 5.73 Å². The van der Waals surface area contributed by atoms with E-state index < -0.39 is 0 Å². The van der Waals surface area contributed by atoms with Crippen molar-refractivity contribution in [3.05, 3.63) is 29.8 Å². The molecule has 0 fully saturated rings. The van der Waals surface area contributed by atoms with Crippen molar-refractivity contribution in [2.75, 3.05) is 0 Å². The van der Waals surface area contributed by atoms with Gasteiger partial charge < -0.3 is 0 Å². The van der Waals surface area contributed by atoms with Gasteiger partial charge in [0, 0.05) is 0 Å². The Hall–Kier alpha value is -0.0213. The predicted octanol–water partition coefficient (Wildman–Crippen LogP) is -0.0609. The Labute approximate surface area is 68.3 Å². The average molecular weight is 225 g/mol. The zero-order valence-electron chi connectivity index (χ0n) is 5.09. The molecule has 0 aliphatic heterocycles. The molecule has 0 bridgehead atoms. The Kier molecular flexibility index (Phi) is 2.54. The summed E-state index contributed by atoms with van der Waals surface area (Å²) in [6.45, 7) is 0.668. The van der Waals surface area contributed by atoms with Crippen molar-refractivity contribution in [1.29, 1.82) is 0 Å². The Morgan fingerprint density at radius 2 is 2.00 bits per heavy atom. The maximum absolute atomic E-state index is 5.47. The first-order valence-corrected chi connectivity index (χ1v) is 4.27. The fourth-order valence-corrected chi connectivity index (χ4v) is 1.50. The van der Waals surface area contributed by atoms with E-state index in [1.165, 1.54) is 31.7 Å². The van der Waals surface area contributed by atoms with Crippen LogP contribution in [0.5, 0.6) is 0 Å². The van der Waals surface area contributed by atoms with Gasteiger partial charge in [0.2, 0.25) is 0 Å². The van der Waals surface area contributed by atoms with Gasteiger partial charge in [0.05, 0.1) is 0 Å². The third-order valence-electron chi connectivity index (χ3n) is 1.24. The van der Waals surface area contributed by atoms with Crippen LogP contribution in [0.1, 0.15) is 5.56 Å². The molecular formula is C7H8NSn. The molecule has 0 aromatic heterocycles. The van der Waals surface area contributed by atoms with Gasteiger partial charge in [-0.2, -0.15) is 0 Å². The van der Waals surface area contributed by atoms with Crippen molar-refractivity contribution in [1.82, 2.24) is 0 Å². The summed E-state index contributed by atoms with van der Waals surface area (Å²) in [7, 11) is 0. The molecule has 9 heavy (non-hydrogen) atoms. The van der Waals surface area contributed by atoms with Crippen LogP contribution >= 0.6 is 0 Å². The van der Waals surface area contributed by atoms with E-state index in [9.17, 15) is 0 Å². The van der Waals surface area contributed by atoms with Crippen LogP contribution < -0.4 is 9.31 Å². The van der Waals surface area contributed by atoms with Crippen LogP contribution in [-0.2, 0) is 6.54 Å². The van der Waals surface area contributed by atoms with E-state index in [0.29, 0.717) is 6.54 Å². The van der Waals surface area contributed by atoms with E-state index in [-0.39, 0.29) is 0 Å². The van der Waals surface area contributed by atoms with Crippen LogP contribution in [0.4, 0.5) is 0 Å². The van der Waals surface area contributed by atoms with Crippen molar-refractivity contribution in [3.8, 4) is 0 Å². The summed E-state index contributed by atoms with van der Waals surface area (Å²) in [5.41, 5.74) is 6.74. The fourth-order valence-electron chi connectivity index (χ4n) is 0.698. The molecule has 0 aliphatic carbocycles. The number of benzene rings is 1. The van der Waals surface area contributed by atoms with Gasteiger partial charge in [0.15, 0.2) is 0 Å². The third-order valence-corrected chi connectivity index (χ3v) is 2.63. The van der Waals surface area contributed by atoms with Crippen molar-refractivity contribution in [2.45, 2.75) is 6.54 Å². The van der Waals surface area contributed by atoms with Gasteiger partial charge in [-0.05, 0) is 0 Å². The van der Waals surface area contributed by atoms with Crippen LogP contribution in [0.25, 0.3) is 0 Å². The molecule has 0 saturated heterocycles. The normalized spacial score (nSPS) is 9.56. The minimum atomic E-state index is 0.668. The van der Waals surface area contributed by atoms with Gasteiger partial charge in [0.25, 0.3) is 0 Å². The van der Waals surface area contributed by atoms with Crippen LogP contribution in [0.2, 0.25) is 0 Å². The molecule has 45 valence electrons. The zero-order valence-corrected chi connectivity index (χ0v) is 7.95. The SMILES string of the molecule is NCc1cccc[c]1[Sn]. The predicted molar refractivity (Wildman–Crippen MR) is 39.7 cm³/mol. The van der Waals surface area contributed by atoms with E-state index >= 15 is 0 Å². The molecule has 0 unspecified atom stereocenters. The first-order chi connectivity index (χ1) is 4.34. The van der Waals surface area contributed by atoms with E-state index in [0.717, 1.165) is 0 Å². The number of hydrogen-bond acceptors (Lipinski definition) is 1. The van der Waals surface area contributed by atoms with Crippen molar-refractivity contribution in [3.63, 3.8) is 0 Å². The van der Waals surface area contributed by atoms with Gasteiger partial charge in [-0.3, -0.25) is 0 Å². The van der Waals surface area contributed by atoms with Gasteiger partial charge in [-0.15, -0.1) is 0 Å². The summed E-state index contributed by atoms with van der Waals surface area (Å²) in [4.78, 5) is 0. The summed E-state index contributed by atoms with van der Waals surface area (Å²) in [5, 5.41) is 0. The molecule has 1 rings (SSSR count). The molecule has 0 heterocycles. The number of hydrogen-bond donors (Lipinski definition) is 1. The Balaban J connectivity index is 3.01. The Morgan fingerprint density at radius 1 is 1.33 bits per heavy atom. The molecular weight excluding hydrogens is 217 g/mol. The first-order valence-electron chi connectivity index (χ1n) is 2.84. The average Bonchev–Trinajstić information content (AvgIpc) is 1.89. The minimum absolute atomic E-state index is 0.668. The summed E-state index contributed by atoms with van der Waals surface area (Å²) in [6, 6.07) is 8.25. The van der Waals surface area contributed by atoms with Gasteiger partial charge in [-0.25, -0.2) is 0 Å². The summed E-state index contributed by atoms with van der Waals surface area (Å²) in [6.07, 6.45) is 0. The maximum atomic E-state index is 5.47. The van der Waals surface area contributed by atoms with Gasteiger partial charge >= 0.3 is 68.2 Å². The van der Waals surface area contributed by atoms with Crippen LogP contribution in [0, 0.1) is 0 Å². The summed E-state index contributed by atoms with van der Waals surface area (Å²) >= 11 is 1.45. The number of nitrogens with two attached hydrogens (primary N) is 1. The molecule has 0 aliphatic rings. The Bertz CT molecular complexity index is 198. The zero-order chi connectivity index (χ0) is 6.69. The van der Waals surface area contributed by atoms with Gasteiger partial charge in [-0.1, -0.05) is 0 Å². The second-order valence-electron chi connectivity index (χ2n) is 1.86. The van der Waals surface area contributed by atoms with Crippen molar-refractivity contribution < 1.29 is 0 Å². The second kappa shape index (κ2) is 3.22. The monoisotopic (exact) mass is 226 g/mol. The first kappa shape index (κ1) is 7.09. The summed E-state index contributed by atoms with van der Waals surface area (Å²) in [5.74, 6) is 0. The fraction of sp³-hybridized carbons (Fsp3) is 0.143. The second-order valence-corrected chi connectivity index (χ2v) is 3.40. The van der Waals surface area contributed by atoms with Crippen LogP contribution in [0.3, 0.4) is 0 Å². The molecule has 0 atom stereocenters. The van der Waals surface area contributed by atoms with Crippen molar-refractivity contribution >= 4 is 26.1 Å². The standard InChI is InChI=1S/C7H8N.Sn/c8-6-7-4-2-1-3-5-7;/h1-4H,6,8H2;. The van der Waals surface area contributed by atoms with Gasteiger partial charge in [0.1, 0.15) is 0 Å². The molecule has 0 spiro atoms. The molecule has 1 aromatic rings. The molecule has 0 amide bonds. The molecule has 1 nitrogen and oxygen atoms in total. The molecule has 3 radical (unpaired) electrons. The van der Waals surface area contributed by atoms with E-state index in [2.05, 4.69) is 12.1 Å². The number of rotatable bonds is 1. The van der Waals surface area contributed by atoms with E-state index in [1.807, 2.05) is 12.1 Å². The van der Waals surface area contributed by atoms with E-state index in [1.54, 1.807) is 0 Å². The molecule has 0 saturated carbocycles. The summed E-state index contributed by atoms with van der Waals surface area (Å²) < 4.78 is 1.37. The third kappa shape index (κ3) is 1.69. The Morgan fingerprint density at radius 3 is 2.44 bits per heavy atom. The molecule has 2 N–H and O–H groups in total.